The molecule has 2 atom stereocenters. The molecule has 3 heteroatoms. The predicted molar refractivity (Wildman–Crippen MR) is 82.8 cm³/mol. The maximum atomic E-state index is 6.31. The summed E-state index contributed by atoms with van der Waals surface area (Å²) in [6.07, 6.45) is 7.66. The average Bonchev–Trinajstić information content (AvgIpc) is 2.35. The summed E-state index contributed by atoms with van der Waals surface area (Å²) in [4.78, 5) is 4.21. The Hall–Kier alpha value is -1.09. The lowest BCUT2D eigenvalue weighted by molar-refractivity contribution is 0.0555. The molecule has 1 N–H and O–H groups in total. The van der Waals surface area contributed by atoms with Crippen molar-refractivity contribution in [2.24, 2.45) is 11.3 Å². The second-order valence-electron chi connectivity index (χ2n) is 6.92. The Bertz CT molecular complexity index is 431. The van der Waals surface area contributed by atoms with Crippen LogP contribution in [0.2, 0.25) is 0 Å². The molecule has 2 rings (SSSR count). The monoisotopic (exact) mass is 276 g/mol. The molecule has 0 aromatic carbocycles. The van der Waals surface area contributed by atoms with Crippen LogP contribution in [0.25, 0.3) is 0 Å². The van der Waals surface area contributed by atoms with Gasteiger partial charge in [0.15, 0.2) is 0 Å². The molecule has 1 aromatic heterocycles. The molecule has 1 aliphatic carbocycles. The normalized spacial score (nSPS) is 25.4. The highest BCUT2D eigenvalue weighted by molar-refractivity contribution is 5.30. The van der Waals surface area contributed by atoms with Crippen LogP contribution in [0.4, 0.5) is 0 Å². The zero-order valence-electron chi connectivity index (χ0n) is 13.3. The fourth-order valence-electron chi connectivity index (χ4n) is 3.45. The van der Waals surface area contributed by atoms with Crippen LogP contribution >= 0.6 is 0 Å². The Morgan fingerprint density at radius 3 is 2.90 bits per heavy atom. The first-order valence-electron chi connectivity index (χ1n) is 7.80. The van der Waals surface area contributed by atoms with Gasteiger partial charge in [-0.2, -0.15) is 0 Å². The lowest BCUT2D eigenvalue weighted by Crippen LogP contribution is -2.34. The van der Waals surface area contributed by atoms with Gasteiger partial charge >= 0.3 is 0 Å². The van der Waals surface area contributed by atoms with Crippen molar-refractivity contribution >= 4 is 0 Å². The minimum absolute atomic E-state index is 0.330. The zero-order valence-corrected chi connectivity index (χ0v) is 13.3. The van der Waals surface area contributed by atoms with E-state index in [9.17, 15) is 0 Å². The number of aromatic nitrogens is 1. The molecule has 0 radical (unpaired) electrons. The molecule has 112 valence electrons. The molecule has 1 fully saturated rings. The number of rotatable bonds is 5. The molecule has 0 aliphatic heterocycles. The minimum Gasteiger partial charge on any atom is -0.490 e. The van der Waals surface area contributed by atoms with Crippen LogP contribution in [0, 0.1) is 11.3 Å². The van der Waals surface area contributed by atoms with E-state index in [-0.39, 0.29) is 0 Å². The minimum atomic E-state index is 0.330. The van der Waals surface area contributed by atoms with Crippen molar-refractivity contribution in [3.05, 3.63) is 24.0 Å². The van der Waals surface area contributed by atoms with Gasteiger partial charge in [0.2, 0.25) is 0 Å². The van der Waals surface area contributed by atoms with Gasteiger partial charge in [-0.05, 0) is 43.2 Å². The van der Waals surface area contributed by atoms with Crippen molar-refractivity contribution in [2.45, 2.75) is 59.6 Å². The molecule has 0 spiro atoms. The molecule has 3 nitrogen and oxygen atoms in total. The van der Waals surface area contributed by atoms with Crippen molar-refractivity contribution in [2.75, 3.05) is 6.54 Å². The van der Waals surface area contributed by atoms with E-state index in [1.165, 1.54) is 6.42 Å². The van der Waals surface area contributed by atoms with Gasteiger partial charge in [-0.1, -0.05) is 27.7 Å². The van der Waals surface area contributed by atoms with Gasteiger partial charge in [0.05, 0.1) is 6.10 Å². The third kappa shape index (κ3) is 4.20. The van der Waals surface area contributed by atoms with Crippen LogP contribution in [0.3, 0.4) is 0 Å². The summed E-state index contributed by atoms with van der Waals surface area (Å²) in [5, 5.41) is 3.35. The Balaban J connectivity index is 2.05. The van der Waals surface area contributed by atoms with E-state index < -0.39 is 0 Å². The first-order valence-corrected chi connectivity index (χ1v) is 7.80. The fourth-order valence-corrected chi connectivity index (χ4v) is 3.45. The van der Waals surface area contributed by atoms with E-state index in [4.69, 9.17) is 4.74 Å². The lowest BCUT2D eigenvalue weighted by atomic mass is 9.71. The molecule has 0 saturated heterocycles. The highest BCUT2D eigenvalue weighted by Crippen LogP contribution is 2.40. The number of nitrogens with zero attached hydrogens (tertiary/aromatic N) is 1. The summed E-state index contributed by atoms with van der Waals surface area (Å²) in [6.45, 7) is 10.9. The number of hydrogen-bond donors (Lipinski definition) is 1. The van der Waals surface area contributed by atoms with Gasteiger partial charge in [0.1, 0.15) is 5.75 Å². The van der Waals surface area contributed by atoms with E-state index in [0.29, 0.717) is 11.5 Å². The quantitative estimate of drug-likeness (QED) is 0.888. The van der Waals surface area contributed by atoms with Crippen LogP contribution in [0.5, 0.6) is 5.75 Å². The van der Waals surface area contributed by atoms with Crippen LogP contribution in [0.15, 0.2) is 18.5 Å². The second kappa shape index (κ2) is 6.57. The summed E-state index contributed by atoms with van der Waals surface area (Å²) >= 11 is 0. The van der Waals surface area contributed by atoms with E-state index in [1.54, 1.807) is 0 Å². The molecular weight excluding hydrogens is 248 g/mol. The molecule has 20 heavy (non-hydrogen) atoms. The summed E-state index contributed by atoms with van der Waals surface area (Å²) in [6, 6.07) is 2.00. The van der Waals surface area contributed by atoms with Crippen LogP contribution in [-0.2, 0) is 6.54 Å². The SMILES string of the molecule is CCNCc1cnccc1OC1CC(C)CC(C)(C)C1. The molecular formula is C17H28N2O. The predicted octanol–water partition coefficient (Wildman–Crippen LogP) is 3.78. The Morgan fingerprint density at radius 1 is 1.40 bits per heavy atom. The van der Waals surface area contributed by atoms with Crippen LogP contribution < -0.4 is 10.1 Å². The first kappa shape index (κ1) is 15.3. The first-order chi connectivity index (χ1) is 9.50. The van der Waals surface area contributed by atoms with Gasteiger partial charge in [0.25, 0.3) is 0 Å². The number of ether oxygens (including phenoxy) is 1. The molecule has 0 amide bonds. The summed E-state index contributed by atoms with van der Waals surface area (Å²) in [5.41, 5.74) is 1.54. The van der Waals surface area contributed by atoms with E-state index in [2.05, 4.69) is 38.0 Å². The maximum absolute atomic E-state index is 6.31. The Labute approximate surface area is 123 Å². The molecule has 2 unspecified atom stereocenters. The Kier molecular flexibility index (Phi) is 5.03. The van der Waals surface area contributed by atoms with Crippen LogP contribution in [-0.4, -0.2) is 17.6 Å². The van der Waals surface area contributed by atoms with Gasteiger partial charge < -0.3 is 10.1 Å². The summed E-state index contributed by atoms with van der Waals surface area (Å²) < 4.78 is 6.31. The van der Waals surface area contributed by atoms with E-state index in [1.807, 2.05) is 18.5 Å². The largest absolute Gasteiger partial charge is 0.490 e. The third-order valence-corrected chi connectivity index (χ3v) is 4.06. The number of nitrogens with one attached hydrogen (secondary N) is 1. The fraction of sp³-hybridized carbons (Fsp3) is 0.706. The molecule has 1 saturated carbocycles. The Morgan fingerprint density at radius 2 is 2.20 bits per heavy atom. The third-order valence-electron chi connectivity index (χ3n) is 4.06. The highest BCUT2D eigenvalue weighted by Gasteiger charge is 2.33. The van der Waals surface area contributed by atoms with Crippen LogP contribution in [0.1, 0.15) is 52.5 Å². The average molecular weight is 276 g/mol. The molecule has 1 aromatic rings. The van der Waals surface area contributed by atoms with E-state index in [0.717, 1.165) is 43.2 Å². The molecule has 0 bridgehead atoms. The van der Waals surface area contributed by atoms with Crippen molar-refractivity contribution in [3.8, 4) is 5.75 Å². The van der Waals surface area contributed by atoms with Crippen molar-refractivity contribution < 1.29 is 4.74 Å². The topological polar surface area (TPSA) is 34.2 Å². The highest BCUT2D eigenvalue weighted by atomic mass is 16.5. The number of hydrogen-bond acceptors (Lipinski definition) is 3. The lowest BCUT2D eigenvalue weighted by Gasteiger charge is -2.39. The van der Waals surface area contributed by atoms with Gasteiger partial charge in [-0.3, -0.25) is 4.98 Å². The number of pyridine rings is 1. The van der Waals surface area contributed by atoms with Crippen molar-refractivity contribution in [3.63, 3.8) is 0 Å². The smallest absolute Gasteiger partial charge is 0.127 e. The second-order valence-corrected chi connectivity index (χ2v) is 6.92. The summed E-state index contributed by atoms with van der Waals surface area (Å²) in [5.74, 6) is 1.73. The molecule has 1 aliphatic rings. The van der Waals surface area contributed by atoms with Crippen molar-refractivity contribution in [1.82, 2.24) is 10.3 Å². The van der Waals surface area contributed by atoms with E-state index >= 15 is 0 Å². The maximum Gasteiger partial charge on any atom is 0.127 e. The van der Waals surface area contributed by atoms with Crippen molar-refractivity contribution in [1.29, 1.82) is 0 Å². The summed E-state index contributed by atoms with van der Waals surface area (Å²) in [7, 11) is 0. The molecule has 1 heterocycles. The van der Waals surface area contributed by atoms with Gasteiger partial charge in [0, 0.05) is 24.5 Å². The zero-order chi connectivity index (χ0) is 14.6. The standard InChI is InChI=1S/C17H28N2O/c1-5-18-11-14-12-19-7-6-16(14)20-15-8-13(2)9-17(3,4)10-15/h6-7,12-13,15,18H,5,8-11H2,1-4H3. The van der Waals surface area contributed by atoms with Gasteiger partial charge in [-0.25, -0.2) is 0 Å². The van der Waals surface area contributed by atoms with Gasteiger partial charge in [-0.15, -0.1) is 0 Å².